The van der Waals surface area contributed by atoms with Crippen LogP contribution in [0.2, 0.25) is 0 Å². The molecule has 0 fully saturated rings. The number of hydrogen-bond acceptors (Lipinski definition) is 2. The molecule has 0 amide bonds. The average Bonchev–Trinajstić information content (AvgIpc) is 2.33. The van der Waals surface area contributed by atoms with Gasteiger partial charge in [-0.15, -0.1) is 0 Å². The predicted molar refractivity (Wildman–Crippen MR) is 82.5 cm³/mol. The van der Waals surface area contributed by atoms with Crippen molar-refractivity contribution in [2.75, 3.05) is 27.2 Å². The first-order valence-electron chi connectivity index (χ1n) is 6.95. The molecule has 0 atom stereocenters. The fourth-order valence-corrected chi connectivity index (χ4v) is 0. The summed E-state index contributed by atoms with van der Waals surface area (Å²) in [6.45, 7) is 18.8. The summed E-state index contributed by atoms with van der Waals surface area (Å²) in [5.41, 5.74) is 0. The van der Waals surface area contributed by atoms with Crippen molar-refractivity contribution in [3.63, 3.8) is 0 Å². The van der Waals surface area contributed by atoms with Crippen LogP contribution < -0.4 is 10.6 Å². The number of nitrogens with one attached hydrogen (secondary N) is 2. The van der Waals surface area contributed by atoms with Gasteiger partial charge in [0.15, 0.2) is 0 Å². The van der Waals surface area contributed by atoms with Gasteiger partial charge in [0, 0.05) is 0 Å². The van der Waals surface area contributed by atoms with Crippen LogP contribution in [0.5, 0.6) is 0 Å². The molecule has 0 bridgehead atoms. The van der Waals surface area contributed by atoms with Crippen LogP contribution in [0, 0.1) is 0 Å². The van der Waals surface area contributed by atoms with E-state index in [1.807, 2.05) is 27.9 Å². The summed E-state index contributed by atoms with van der Waals surface area (Å²) in [5.74, 6) is 0. The van der Waals surface area contributed by atoms with E-state index in [1.54, 1.807) is 0 Å². The minimum absolute atomic E-state index is 1.07. The van der Waals surface area contributed by atoms with Gasteiger partial charge in [-0.25, -0.2) is 0 Å². The van der Waals surface area contributed by atoms with Gasteiger partial charge in [0.1, 0.15) is 0 Å². The van der Waals surface area contributed by atoms with Crippen molar-refractivity contribution >= 4 is 0 Å². The zero-order chi connectivity index (χ0) is 14.2. The first-order chi connectivity index (χ1) is 7.66. The van der Waals surface area contributed by atoms with E-state index in [0.717, 1.165) is 13.1 Å². The third-order valence-electron chi connectivity index (χ3n) is 0.707. The summed E-state index contributed by atoms with van der Waals surface area (Å²) in [7, 11) is 3.86. The second-order valence-electron chi connectivity index (χ2n) is 2.83. The molecule has 0 aromatic heterocycles. The van der Waals surface area contributed by atoms with E-state index in [9.17, 15) is 0 Å². The Morgan fingerprint density at radius 1 is 0.562 bits per heavy atom. The smallest absolute Gasteiger partial charge is 0.00804 e. The molecule has 2 nitrogen and oxygen atoms in total. The third-order valence-corrected chi connectivity index (χ3v) is 0.707. The lowest BCUT2D eigenvalue weighted by molar-refractivity contribution is 0.863. The van der Waals surface area contributed by atoms with Crippen LogP contribution >= 0.6 is 0 Å². The maximum Gasteiger partial charge on any atom is -0.00804 e. The summed E-state index contributed by atoms with van der Waals surface area (Å²) < 4.78 is 0. The molecule has 0 radical (unpaired) electrons. The second kappa shape index (κ2) is 82.5. The molecule has 0 rings (SSSR count). The average molecular weight is 236 g/mol. The molecule has 0 aliphatic heterocycles. The van der Waals surface area contributed by atoms with E-state index < -0.39 is 0 Å². The van der Waals surface area contributed by atoms with Gasteiger partial charge < -0.3 is 10.6 Å². The molecule has 0 heterocycles. The Labute approximate surface area is 107 Å². The Morgan fingerprint density at radius 3 is 0.625 bits per heavy atom. The van der Waals surface area contributed by atoms with Crippen molar-refractivity contribution < 1.29 is 0 Å². The molecule has 0 unspecified atom stereocenters. The van der Waals surface area contributed by atoms with E-state index in [1.165, 1.54) is 12.8 Å². The second-order valence-corrected chi connectivity index (χ2v) is 2.83. The van der Waals surface area contributed by atoms with Crippen molar-refractivity contribution in [3.05, 3.63) is 0 Å². The van der Waals surface area contributed by atoms with Crippen molar-refractivity contribution in [2.45, 2.75) is 68.2 Å². The van der Waals surface area contributed by atoms with Crippen LogP contribution in [-0.2, 0) is 0 Å². The molecule has 0 aliphatic rings. The van der Waals surface area contributed by atoms with Gasteiger partial charge in [-0.3, -0.25) is 0 Å². The van der Waals surface area contributed by atoms with Gasteiger partial charge in [-0.1, -0.05) is 68.2 Å². The fourth-order valence-electron chi connectivity index (χ4n) is 0. The zero-order valence-corrected chi connectivity index (χ0v) is 13.8. The van der Waals surface area contributed by atoms with E-state index in [-0.39, 0.29) is 0 Å². The highest BCUT2D eigenvalue weighted by molar-refractivity contribution is 4.16. The molecule has 16 heavy (non-hydrogen) atoms. The largest absolute Gasteiger partial charge is 0.320 e. The SMILES string of the molecule is CC.CCC.CCC.CCNC.CCNC. The molecular formula is C14H40N2. The third kappa shape index (κ3) is 630. The molecule has 0 aromatic rings. The standard InChI is InChI=1S/2C3H9N.2C3H8.C2H6/c2*1-3-4-2;2*1-3-2;1-2/h2*4H,3H2,1-2H3;2*3H2,1-2H3;1-2H3. The van der Waals surface area contributed by atoms with Gasteiger partial charge >= 0.3 is 0 Å². The van der Waals surface area contributed by atoms with Gasteiger partial charge in [0.2, 0.25) is 0 Å². The minimum Gasteiger partial charge on any atom is -0.320 e. The lowest BCUT2D eigenvalue weighted by Crippen LogP contribution is -2.01. The van der Waals surface area contributed by atoms with E-state index in [4.69, 9.17) is 0 Å². The lowest BCUT2D eigenvalue weighted by Gasteiger charge is -1.76. The van der Waals surface area contributed by atoms with Crippen molar-refractivity contribution in [3.8, 4) is 0 Å². The Kier molecular flexibility index (Phi) is 153. The molecule has 106 valence electrons. The number of rotatable bonds is 2. The Bertz CT molecular complexity index is 29.7. The van der Waals surface area contributed by atoms with Gasteiger partial charge in [0.25, 0.3) is 0 Å². The van der Waals surface area contributed by atoms with Crippen molar-refractivity contribution in [1.82, 2.24) is 10.6 Å². The molecule has 0 aromatic carbocycles. The fraction of sp³-hybridized carbons (Fsp3) is 1.00. The highest BCUT2D eigenvalue weighted by Gasteiger charge is 1.50. The summed E-state index contributed by atoms with van der Waals surface area (Å²) in [6.07, 6.45) is 2.50. The van der Waals surface area contributed by atoms with Gasteiger partial charge in [-0.2, -0.15) is 0 Å². The molecule has 0 aliphatic carbocycles. The zero-order valence-electron chi connectivity index (χ0n) is 13.8. The molecule has 2 N–H and O–H groups in total. The van der Waals surface area contributed by atoms with Crippen LogP contribution in [0.15, 0.2) is 0 Å². The molecule has 0 saturated carbocycles. The topological polar surface area (TPSA) is 24.1 Å². The van der Waals surface area contributed by atoms with Crippen LogP contribution in [0.25, 0.3) is 0 Å². The molecule has 2 heteroatoms. The summed E-state index contributed by atoms with van der Waals surface area (Å²) in [5, 5.41) is 5.86. The Morgan fingerprint density at radius 2 is 0.625 bits per heavy atom. The highest BCUT2D eigenvalue weighted by atomic mass is 14.8. The maximum atomic E-state index is 2.93. The monoisotopic (exact) mass is 236 g/mol. The van der Waals surface area contributed by atoms with Crippen molar-refractivity contribution in [2.24, 2.45) is 0 Å². The van der Waals surface area contributed by atoms with Crippen LogP contribution in [-0.4, -0.2) is 27.2 Å². The minimum atomic E-state index is 1.07. The van der Waals surface area contributed by atoms with E-state index >= 15 is 0 Å². The maximum absolute atomic E-state index is 2.93. The first-order valence-corrected chi connectivity index (χ1v) is 6.95. The quantitative estimate of drug-likeness (QED) is 0.746. The lowest BCUT2D eigenvalue weighted by atomic mass is 10.6. The van der Waals surface area contributed by atoms with Gasteiger partial charge in [0.05, 0.1) is 0 Å². The summed E-state index contributed by atoms with van der Waals surface area (Å²) in [6, 6.07) is 0. The van der Waals surface area contributed by atoms with Crippen LogP contribution in [0.1, 0.15) is 68.2 Å². The van der Waals surface area contributed by atoms with E-state index in [0.29, 0.717) is 0 Å². The van der Waals surface area contributed by atoms with Crippen LogP contribution in [0.4, 0.5) is 0 Å². The predicted octanol–water partition coefficient (Wildman–Crippen LogP) is 4.31. The van der Waals surface area contributed by atoms with Crippen molar-refractivity contribution in [1.29, 1.82) is 0 Å². The first kappa shape index (κ1) is 29.7. The molecule has 0 spiro atoms. The number of hydrogen-bond donors (Lipinski definition) is 2. The molecular weight excluding hydrogens is 196 g/mol. The Hall–Kier alpha value is -0.0800. The van der Waals surface area contributed by atoms with Gasteiger partial charge in [-0.05, 0) is 27.2 Å². The molecule has 0 saturated heterocycles. The summed E-state index contributed by atoms with van der Waals surface area (Å²) in [4.78, 5) is 0. The highest BCUT2D eigenvalue weighted by Crippen LogP contribution is 1.56. The van der Waals surface area contributed by atoms with E-state index in [2.05, 4.69) is 52.2 Å². The summed E-state index contributed by atoms with van der Waals surface area (Å²) >= 11 is 0. The normalized spacial score (nSPS) is 6.38. The Balaban J connectivity index is -0.0000000322. The van der Waals surface area contributed by atoms with Crippen LogP contribution in [0.3, 0.4) is 0 Å².